The molecule has 0 spiro atoms. The topological polar surface area (TPSA) is 64.4 Å². The van der Waals surface area contributed by atoms with Gasteiger partial charge in [-0.1, -0.05) is 0 Å². The maximum Gasteiger partial charge on any atom is 0.222 e. The van der Waals surface area contributed by atoms with Crippen LogP contribution >= 0.6 is 0 Å². The second kappa shape index (κ2) is 6.06. The van der Waals surface area contributed by atoms with Gasteiger partial charge in [0.25, 0.3) is 0 Å². The van der Waals surface area contributed by atoms with E-state index in [0.29, 0.717) is 19.7 Å². The van der Waals surface area contributed by atoms with Gasteiger partial charge in [0.1, 0.15) is 0 Å². The van der Waals surface area contributed by atoms with Crippen molar-refractivity contribution in [3.63, 3.8) is 0 Å². The molecular formula is C6H14N2O3. The average Bonchev–Trinajstić information content (AvgIpc) is 1.97. The average molecular weight is 162 g/mol. The molecule has 11 heavy (non-hydrogen) atoms. The minimum Gasteiger partial charge on any atom is -0.383 e. The summed E-state index contributed by atoms with van der Waals surface area (Å²) in [6, 6.07) is -0.521. The lowest BCUT2D eigenvalue weighted by atomic mass is 10.3. The van der Waals surface area contributed by atoms with Crippen molar-refractivity contribution in [1.29, 1.82) is 0 Å². The Balaban J connectivity index is 3.17. The summed E-state index contributed by atoms with van der Waals surface area (Å²) in [4.78, 5) is 9.79. The van der Waals surface area contributed by atoms with Crippen molar-refractivity contribution >= 4 is 0 Å². The molecule has 0 fully saturated rings. The second-order valence-electron chi connectivity index (χ2n) is 2.33. The SMILES string of the molecule is COCCNCC(C)[N+](=O)[O-]. The summed E-state index contributed by atoms with van der Waals surface area (Å²) in [5.74, 6) is 0. The number of hydrogen-bond donors (Lipinski definition) is 1. The van der Waals surface area contributed by atoms with Crippen LogP contribution in [0.1, 0.15) is 6.92 Å². The van der Waals surface area contributed by atoms with E-state index in [1.807, 2.05) is 0 Å². The van der Waals surface area contributed by atoms with Gasteiger partial charge < -0.3 is 10.1 Å². The summed E-state index contributed by atoms with van der Waals surface area (Å²) in [6.45, 7) is 3.22. The van der Waals surface area contributed by atoms with Gasteiger partial charge in [0.15, 0.2) is 0 Å². The Morgan fingerprint density at radius 3 is 2.82 bits per heavy atom. The molecule has 5 nitrogen and oxygen atoms in total. The van der Waals surface area contributed by atoms with Crippen molar-refractivity contribution < 1.29 is 9.66 Å². The maximum atomic E-state index is 10.1. The van der Waals surface area contributed by atoms with Crippen molar-refractivity contribution in [1.82, 2.24) is 5.32 Å². The van der Waals surface area contributed by atoms with Gasteiger partial charge in [-0.3, -0.25) is 10.1 Å². The summed E-state index contributed by atoms with van der Waals surface area (Å²) in [5.41, 5.74) is 0. The lowest BCUT2D eigenvalue weighted by molar-refractivity contribution is -0.515. The molecule has 0 rings (SSSR count). The van der Waals surface area contributed by atoms with E-state index in [1.165, 1.54) is 0 Å². The fourth-order valence-corrected chi connectivity index (χ4v) is 0.560. The quantitative estimate of drug-likeness (QED) is 0.336. The predicted octanol–water partition coefficient (Wildman–Crippen LogP) is -0.112. The summed E-state index contributed by atoms with van der Waals surface area (Å²) in [6.07, 6.45) is 0. The van der Waals surface area contributed by atoms with Crippen LogP contribution in [0.25, 0.3) is 0 Å². The Morgan fingerprint density at radius 2 is 2.36 bits per heavy atom. The molecule has 0 saturated carbocycles. The molecule has 0 aliphatic heterocycles. The number of methoxy groups -OCH3 is 1. The van der Waals surface area contributed by atoms with Crippen molar-refractivity contribution in [2.45, 2.75) is 13.0 Å². The number of nitrogens with zero attached hydrogens (tertiary/aromatic N) is 1. The molecule has 0 heterocycles. The van der Waals surface area contributed by atoms with Crippen molar-refractivity contribution in [2.75, 3.05) is 26.8 Å². The summed E-state index contributed by atoms with van der Waals surface area (Å²) in [7, 11) is 1.60. The normalized spacial score (nSPS) is 12.9. The van der Waals surface area contributed by atoms with E-state index in [2.05, 4.69) is 5.32 Å². The highest BCUT2D eigenvalue weighted by Gasteiger charge is 2.10. The van der Waals surface area contributed by atoms with Gasteiger partial charge >= 0.3 is 0 Å². The lowest BCUT2D eigenvalue weighted by Gasteiger charge is -2.04. The Hall–Kier alpha value is -0.680. The third kappa shape index (κ3) is 5.75. The van der Waals surface area contributed by atoms with Gasteiger partial charge in [-0.15, -0.1) is 0 Å². The van der Waals surface area contributed by atoms with Crippen LogP contribution in [0, 0.1) is 10.1 Å². The molecular weight excluding hydrogens is 148 g/mol. The van der Waals surface area contributed by atoms with Crippen LogP contribution in [0.2, 0.25) is 0 Å². The third-order valence-corrected chi connectivity index (χ3v) is 1.28. The first-order chi connectivity index (χ1) is 5.18. The standard InChI is InChI=1S/C6H14N2O3/c1-6(8(9)10)5-7-3-4-11-2/h6-7H,3-5H2,1-2H3. The van der Waals surface area contributed by atoms with E-state index < -0.39 is 6.04 Å². The fourth-order valence-electron chi connectivity index (χ4n) is 0.560. The van der Waals surface area contributed by atoms with Crippen LogP contribution in [0.5, 0.6) is 0 Å². The Morgan fingerprint density at radius 1 is 1.73 bits per heavy atom. The van der Waals surface area contributed by atoms with Gasteiger partial charge in [-0.2, -0.15) is 0 Å². The Labute approximate surface area is 65.9 Å². The van der Waals surface area contributed by atoms with E-state index in [0.717, 1.165) is 0 Å². The third-order valence-electron chi connectivity index (χ3n) is 1.28. The second-order valence-corrected chi connectivity index (χ2v) is 2.33. The molecule has 0 aliphatic rings. The smallest absolute Gasteiger partial charge is 0.222 e. The van der Waals surface area contributed by atoms with Crippen molar-refractivity contribution in [3.05, 3.63) is 10.1 Å². The number of hydrogen-bond acceptors (Lipinski definition) is 4. The summed E-state index contributed by atoms with van der Waals surface area (Å²) < 4.78 is 4.75. The predicted molar refractivity (Wildman–Crippen MR) is 41.2 cm³/mol. The van der Waals surface area contributed by atoms with Gasteiger partial charge in [0.2, 0.25) is 6.04 Å². The first-order valence-electron chi connectivity index (χ1n) is 3.51. The summed E-state index contributed by atoms with van der Waals surface area (Å²) >= 11 is 0. The zero-order valence-corrected chi connectivity index (χ0v) is 6.87. The largest absolute Gasteiger partial charge is 0.383 e. The molecule has 5 heteroatoms. The van der Waals surface area contributed by atoms with E-state index in [9.17, 15) is 10.1 Å². The van der Waals surface area contributed by atoms with Gasteiger partial charge in [-0.05, 0) is 0 Å². The van der Waals surface area contributed by atoms with Gasteiger partial charge in [0, 0.05) is 25.5 Å². The highest BCUT2D eigenvalue weighted by molar-refractivity contribution is 4.52. The van der Waals surface area contributed by atoms with Crippen molar-refractivity contribution in [3.8, 4) is 0 Å². The molecule has 1 N–H and O–H groups in total. The Bertz CT molecular complexity index is 118. The van der Waals surface area contributed by atoms with Crippen LogP contribution in [0.3, 0.4) is 0 Å². The minimum absolute atomic E-state index is 0.306. The van der Waals surface area contributed by atoms with Crippen LogP contribution in [-0.2, 0) is 4.74 Å². The molecule has 0 bridgehead atoms. The maximum absolute atomic E-state index is 10.1. The molecule has 0 radical (unpaired) electrons. The first-order valence-corrected chi connectivity index (χ1v) is 3.51. The molecule has 0 aromatic carbocycles. The number of nitrogens with one attached hydrogen (secondary N) is 1. The van der Waals surface area contributed by atoms with E-state index in [1.54, 1.807) is 14.0 Å². The Kier molecular flexibility index (Phi) is 5.68. The first kappa shape index (κ1) is 10.3. The van der Waals surface area contributed by atoms with E-state index >= 15 is 0 Å². The monoisotopic (exact) mass is 162 g/mol. The molecule has 0 aromatic heterocycles. The van der Waals surface area contributed by atoms with Crippen LogP contribution in [-0.4, -0.2) is 37.8 Å². The number of rotatable bonds is 6. The van der Waals surface area contributed by atoms with E-state index in [4.69, 9.17) is 4.74 Å². The molecule has 66 valence electrons. The molecule has 1 unspecified atom stereocenters. The highest BCUT2D eigenvalue weighted by atomic mass is 16.6. The van der Waals surface area contributed by atoms with Gasteiger partial charge in [0.05, 0.1) is 13.2 Å². The minimum atomic E-state index is -0.521. The van der Waals surface area contributed by atoms with Crippen molar-refractivity contribution in [2.24, 2.45) is 0 Å². The highest BCUT2D eigenvalue weighted by Crippen LogP contribution is 1.83. The molecule has 1 atom stereocenters. The molecule has 0 aromatic rings. The lowest BCUT2D eigenvalue weighted by Crippen LogP contribution is -2.32. The fraction of sp³-hybridized carbons (Fsp3) is 1.00. The van der Waals surface area contributed by atoms with E-state index in [-0.39, 0.29) is 4.92 Å². The zero-order valence-electron chi connectivity index (χ0n) is 6.87. The number of ether oxygens (including phenoxy) is 1. The van der Waals surface area contributed by atoms with Gasteiger partial charge in [-0.25, -0.2) is 0 Å². The zero-order chi connectivity index (χ0) is 8.69. The molecule has 0 saturated heterocycles. The molecule has 0 aliphatic carbocycles. The van der Waals surface area contributed by atoms with Crippen LogP contribution < -0.4 is 5.32 Å². The van der Waals surface area contributed by atoms with Crippen LogP contribution in [0.15, 0.2) is 0 Å². The number of nitro groups is 1. The molecule has 0 amide bonds. The van der Waals surface area contributed by atoms with Crippen LogP contribution in [0.4, 0.5) is 0 Å². The summed E-state index contributed by atoms with van der Waals surface area (Å²) in [5, 5.41) is 13.0.